The molecule has 0 spiro atoms. The first-order valence-corrected chi connectivity index (χ1v) is 9.11. The highest BCUT2D eigenvalue weighted by Crippen LogP contribution is 2.51. The molecule has 0 aliphatic heterocycles. The van der Waals surface area contributed by atoms with Crippen molar-refractivity contribution in [3.63, 3.8) is 0 Å². The van der Waals surface area contributed by atoms with Crippen LogP contribution >= 0.6 is 0 Å². The van der Waals surface area contributed by atoms with E-state index in [0.717, 1.165) is 6.07 Å². The average molecular weight is 447 g/mol. The molecule has 0 saturated carbocycles. The number of nitro groups is 1. The third-order valence-electron chi connectivity index (χ3n) is 4.78. The fraction of sp³-hybridized carbons (Fsp3) is 0.286. The lowest BCUT2D eigenvalue weighted by atomic mass is 10.1. The molecule has 32 heavy (non-hydrogen) atoms. The summed E-state index contributed by atoms with van der Waals surface area (Å²) in [5.41, 5.74) is -0.922. The van der Waals surface area contributed by atoms with Gasteiger partial charge in [0.2, 0.25) is 17.2 Å². The second kappa shape index (κ2) is 8.92. The van der Waals surface area contributed by atoms with Gasteiger partial charge in [0.05, 0.1) is 59.2 Å². The van der Waals surface area contributed by atoms with Crippen LogP contribution in [0.5, 0.6) is 34.5 Å². The van der Waals surface area contributed by atoms with Gasteiger partial charge in [0.1, 0.15) is 11.1 Å². The van der Waals surface area contributed by atoms with Gasteiger partial charge in [0, 0.05) is 12.1 Å². The SMILES string of the molecule is COc1cc(-c2cc(=O)c3c(OC)c(OC)c(OC)c(OC)c3o2)c([N+](=O)[O-])cc1OC. The first-order chi connectivity index (χ1) is 15.4. The van der Waals surface area contributed by atoms with Crippen LogP contribution in [0.4, 0.5) is 5.69 Å². The van der Waals surface area contributed by atoms with E-state index in [1.54, 1.807) is 0 Å². The van der Waals surface area contributed by atoms with Crippen molar-refractivity contribution in [2.24, 2.45) is 0 Å². The van der Waals surface area contributed by atoms with Crippen LogP contribution in [0.2, 0.25) is 0 Å². The molecule has 0 fully saturated rings. The van der Waals surface area contributed by atoms with Gasteiger partial charge < -0.3 is 32.8 Å². The molecular formula is C21H21NO10. The molecule has 2 aromatic carbocycles. The molecule has 3 rings (SSSR count). The molecule has 11 heteroatoms. The molecule has 3 aromatic rings. The summed E-state index contributed by atoms with van der Waals surface area (Å²) in [5.74, 6) is 0.662. The maximum Gasteiger partial charge on any atom is 0.284 e. The molecule has 0 atom stereocenters. The van der Waals surface area contributed by atoms with Crippen LogP contribution in [0.1, 0.15) is 0 Å². The van der Waals surface area contributed by atoms with Gasteiger partial charge in [0.25, 0.3) is 5.69 Å². The quantitative estimate of drug-likeness (QED) is 0.374. The molecule has 0 N–H and O–H groups in total. The van der Waals surface area contributed by atoms with Crippen LogP contribution in [0.15, 0.2) is 27.4 Å². The fourth-order valence-corrected chi connectivity index (χ4v) is 3.39. The van der Waals surface area contributed by atoms with E-state index in [2.05, 4.69) is 0 Å². The fourth-order valence-electron chi connectivity index (χ4n) is 3.39. The Morgan fingerprint density at radius 3 is 1.78 bits per heavy atom. The number of hydrogen-bond donors (Lipinski definition) is 0. The first-order valence-electron chi connectivity index (χ1n) is 9.11. The second-order valence-electron chi connectivity index (χ2n) is 6.29. The number of nitro benzene ring substituents is 1. The predicted molar refractivity (Wildman–Crippen MR) is 114 cm³/mol. The van der Waals surface area contributed by atoms with Crippen molar-refractivity contribution >= 4 is 16.7 Å². The van der Waals surface area contributed by atoms with E-state index in [4.69, 9.17) is 32.8 Å². The third kappa shape index (κ3) is 3.47. The zero-order valence-corrected chi connectivity index (χ0v) is 18.3. The van der Waals surface area contributed by atoms with E-state index in [-0.39, 0.29) is 62.5 Å². The van der Waals surface area contributed by atoms with Crippen molar-refractivity contribution in [1.82, 2.24) is 0 Å². The highest BCUT2D eigenvalue weighted by atomic mass is 16.6. The smallest absolute Gasteiger partial charge is 0.284 e. The van der Waals surface area contributed by atoms with Crippen molar-refractivity contribution in [2.45, 2.75) is 0 Å². The Balaban J connectivity index is 2.48. The monoisotopic (exact) mass is 447 g/mol. The number of ether oxygens (including phenoxy) is 6. The van der Waals surface area contributed by atoms with Crippen LogP contribution in [-0.2, 0) is 0 Å². The van der Waals surface area contributed by atoms with Gasteiger partial charge >= 0.3 is 0 Å². The summed E-state index contributed by atoms with van der Waals surface area (Å²) in [6.45, 7) is 0. The van der Waals surface area contributed by atoms with E-state index < -0.39 is 10.4 Å². The Bertz CT molecular complexity index is 1250. The minimum Gasteiger partial charge on any atom is -0.493 e. The lowest BCUT2D eigenvalue weighted by molar-refractivity contribution is -0.384. The van der Waals surface area contributed by atoms with Gasteiger partial charge in [-0.2, -0.15) is 0 Å². The molecule has 0 saturated heterocycles. The maximum absolute atomic E-state index is 13.1. The Morgan fingerprint density at radius 1 is 0.750 bits per heavy atom. The second-order valence-corrected chi connectivity index (χ2v) is 6.29. The predicted octanol–water partition coefficient (Wildman–Crippen LogP) is 3.42. The van der Waals surface area contributed by atoms with Crippen molar-refractivity contribution in [3.8, 4) is 45.8 Å². The molecule has 11 nitrogen and oxygen atoms in total. The lowest BCUT2D eigenvalue weighted by Gasteiger charge is -2.18. The summed E-state index contributed by atoms with van der Waals surface area (Å²) in [4.78, 5) is 24.2. The molecule has 0 amide bonds. The summed E-state index contributed by atoms with van der Waals surface area (Å²) in [6, 6.07) is 3.65. The van der Waals surface area contributed by atoms with Crippen molar-refractivity contribution in [3.05, 3.63) is 38.5 Å². The molecule has 1 aromatic heterocycles. The molecule has 170 valence electrons. The van der Waals surface area contributed by atoms with Gasteiger partial charge in [-0.05, 0) is 0 Å². The van der Waals surface area contributed by atoms with E-state index >= 15 is 0 Å². The average Bonchev–Trinajstić information content (AvgIpc) is 2.80. The van der Waals surface area contributed by atoms with Crippen LogP contribution in [0, 0.1) is 10.1 Å². The topological polar surface area (TPSA) is 129 Å². The van der Waals surface area contributed by atoms with Gasteiger partial charge in [-0.15, -0.1) is 0 Å². The first kappa shape index (κ1) is 22.5. The van der Waals surface area contributed by atoms with Crippen molar-refractivity contribution in [2.75, 3.05) is 42.7 Å². The summed E-state index contributed by atoms with van der Waals surface area (Å²) in [5, 5.41) is 11.7. The molecule has 0 aliphatic carbocycles. The largest absolute Gasteiger partial charge is 0.493 e. The highest BCUT2D eigenvalue weighted by molar-refractivity contribution is 5.96. The Morgan fingerprint density at radius 2 is 1.28 bits per heavy atom. The zero-order valence-electron chi connectivity index (χ0n) is 18.3. The lowest BCUT2D eigenvalue weighted by Crippen LogP contribution is -2.07. The normalized spacial score (nSPS) is 10.6. The molecule has 0 unspecified atom stereocenters. The number of rotatable bonds is 8. The van der Waals surface area contributed by atoms with Gasteiger partial charge in [-0.25, -0.2) is 0 Å². The summed E-state index contributed by atoms with van der Waals surface area (Å²) < 4.78 is 37.9. The highest BCUT2D eigenvalue weighted by Gasteiger charge is 2.29. The van der Waals surface area contributed by atoms with Gasteiger partial charge in [-0.1, -0.05) is 0 Å². The molecule has 0 radical (unpaired) electrons. The van der Waals surface area contributed by atoms with Crippen molar-refractivity contribution < 1.29 is 37.8 Å². The minimum absolute atomic E-state index is 0.00227. The summed E-state index contributed by atoms with van der Waals surface area (Å²) in [6.07, 6.45) is 0. The number of benzene rings is 2. The number of hydrogen-bond acceptors (Lipinski definition) is 10. The van der Waals surface area contributed by atoms with Gasteiger partial charge in [0.15, 0.2) is 28.3 Å². The molecular weight excluding hydrogens is 426 g/mol. The number of fused-ring (bicyclic) bond motifs is 1. The summed E-state index contributed by atoms with van der Waals surface area (Å²) >= 11 is 0. The zero-order chi connectivity index (χ0) is 23.6. The van der Waals surface area contributed by atoms with Crippen LogP contribution in [0.25, 0.3) is 22.3 Å². The van der Waals surface area contributed by atoms with E-state index in [1.165, 1.54) is 54.8 Å². The Kier molecular flexibility index (Phi) is 6.28. The molecule has 1 heterocycles. The van der Waals surface area contributed by atoms with E-state index in [9.17, 15) is 14.9 Å². The Labute approximate surface area is 182 Å². The Hall–Kier alpha value is -4.15. The van der Waals surface area contributed by atoms with Crippen molar-refractivity contribution in [1.29, 1.82) is 0 Å². The minimum atomic E-state index is -0.617. The van der Waals surface area contributed by atoms with E-state index in [1.807, 2.05) is 0 Å². The molecule has 0 bridgehead atoms. The molecule has 0 aliphatic rings. The third-order valence-corrected chi connectivity index (χ3v) is 4.78. The van der Waals surface area contributed by atoms with Crippen LogP contribution in [-0.4, -0.2) is 47.6 Å². The number of methoxy groups -OCH3 is 6. The van der Waals surface area contributed by atoms with Crippen LogP contribution < -0.4 is 33.8 Å². The van der Waals surface area contributed by atoms with E-state index in [0.29, 0.717) is 0 Å². The number of nitrogens with zero attached hydrogens (tertiary/aromatic N) is 1. The summed E-state index contributed by atoms with van der Waals surface area (Å²) in [7, 11) is 8.22. The maximum atomic E-state index is 13.1. The standard InChI is InChI=1S/C21H21NO10/c1-26-14-7-10(11(22(24)25)8-15(14)27-2)13-9-12(23)16-17(28-3)19(29-4)21(31-6)20(30-5)18(16)32-13/h7-9H,1-6H3. The van der Waals surface area contributed by atoms with Gasteiger partial charge in [-0.3, -0.25) is 14.9 Å². The van der Waals surface area contributed by atoms with Crippen LogP contribution in [0.3, 0.4) is 0 Å².